The minimum absolute atomic E-state index is 0.189. The lowest BCUT2D eigenvalue weighted by atomic mass is 10.1. The standard InChI is InChI=1S/C9H19N2O2S/c1-2-9-6-10-8-4-3-5-14(12,13)11(9)7-8/h8-10,12-13H,1-7H2. The molecule has 2 aliphatic heterocycles. The van der Waals surface area contributed by atoms with Gasteiger partial charge in [0.1, 0.15) is 0 Å². The summed E-state index contributed by atoms with van der Waals surface area (Å²) < 4.78 is 21.8. The molecule has 2 bridgehead atoms. The molecule has 0 aliphatic carbocycles. The molecule has 2 fully saturated rings. The SMILES string of the molecule is [CH2]CC1CNC2CCCS(O)(O)N1C2. The molecule has 2 aliphatic rings. The number of rotatable bonds is 1. The number of fused-ring (bicyclic) bond motifs is 2. The second kappa shape index (κ2) is 3.98. The zero-order chi connectivity index (χ0) is 10.2. The zero-order valence-corrected chi connectivity index (χ0v) is 9.17. The summed E-state index contributed by atoms with van der Waals surface area (Å²) in [6, 6.07) is 0.626. The molecule has 0 spiro atoms. The molecule has 0 saturated carbocycles. The monoisotopic (exact) mass is 219 g/mol. The summed E-state index contributed by atoms with van der Waals surface area (Å²) in [6.07, 6.45) is 2.69. The predicted octanol–water partition coefficient (Wildman–Crippen LogP) is 1.31. The second-order valence-electron chi connectivity index (χ2n) is 4.13. The summed E-state index contributed by atoms with van der Waals surface area (Å²) in [7, 11) is -2.50. The highest BCUT2D eigenvalue weighted by Crippen LogP contribution is 2.48. The van der Waals surface area contributed by atoms with Gasteiger partial charge in [0.15, 0.2) is 0 Å². The second-order valence-corrected chi connectivity index (χ2v) is 6.27. The minimum Gasteiger partial charge on any atom is -0.311 e. The van der Waals surface area contributed by atoms with Crippen LogP contribution in [-0.4, -0.2) is 44.3 Å². The Morgan fingerprint density at radius 3 is 3.00 bits per heavy atom. The molecule has 2 heterocycles. The van der Waals surface area contributed by atoms with Gasteiger partial charge in [-0.25, -0.2) is 4.31 Å². The van der Waals surface area contributed by atoms with Crippen LogP contribution in [-0.2, 0) is 0 Å². The van der Waals surface area contributed by atoms with Gasteiger partial charge in [0.25, 0.3) is 0 Å². The average molecular weight is 219 g/mol. The van der Waals surface area contributed by atoms with Crippen LogP contribution < -0.4 is 5.32 Å². The minimum atomic E-state index is -2.50. The topological polar surface area (TPSA) is 55.7 Å². The molecule has 5 heteroatoms. The van der Waals surface area contributed by atoms with E-state index in [0.717, 1.165) is 32.4 Å². The fourth-order valence-corrected chi connectivity index (χ4v) is 4.14. The number of nitrogens with zero attached hydrogens (tertiary/aromatic N) is 1. The van der Waals surface area contributed by atoms with Crippen molar-refractivity contribution in [3.8, 4) is 0 Å². The molecule has 1 radical (unpaired) electrons. The Hall–Kier alpha value is 0.190. The van der Waals surface area contributed by atoms with Gasteiger partial charge in [-0.2, -0.15) is 0 Å². The van der Waals surface area contributed by atoms with Crippen LogP contribution in [0.5, 0.6) is 0 Å². The maximum Gasteiger partial charge on any atom is 0.0531 e. The molecule has 83 valence electrons. The third-order valence-corrected chi connectivity index (χ3v) is 5.16. The van der Waals surface area contributed by atoms with Gasteiger partial charge in [0.05, 0.1) is 5.75 Å². The Morgan fingerprint density at radius 1 is 1.50 bits per heavy atom. The van der Waals surface area contributed by atoms with E-state index in [1.54, 1.807) is 0 Å². The molecular formula is C9H19N2O2S. The van der Waals surface area contributed by atoms with Crippen molar-refractivity contribution >= 4 is 10.8 Å². The number of hydrogen-bond donors (Lipinski definition) is 3. The van der Waals surface area contributed by atoms with Crippen LogP contribution in [0.2, 0.25) is 0 Å². The van der Waals surface area contributed by atoms with Crippen LogP contribution in [0.3, 0.4) is 0 Å². The Labute approximate surface area is 87.2 Å². The summed E-state index contributed by atoms with van der Waals surface area (Å²) in [6.45, 7) is 5.47. The van der Waals surface area contributed by atoms with Crippen molar-refractivity contribution in [2.75, 3.05) is 18.8 Å². The van der Waals surface area contributed by atoms with E-state index < -0.39 is 10.8 Å². The van der Waals surface area contributed by atoms with Crippen LogP contribution in [0, 0.1) is 6.92 Å². The van der Waals surface area contributed by atoms with Gasteiger partial charge in [-0.05, 0) is 19.3 Å². The van der Waals surface area contributed by atoms with E-state index >= 15 is 0 Å². The fraction of sp³-hybridized carbons (Fsp3) is 0.889. The number of piperazine rings is 1. The molecule has 3 unspecified atom stereocenters. The van der Waals surface area contributed by atoms with Crippen LogP contribution >= 0.6 is 10.8 Å². The van der Waals surface area contributed by atoms with Crippen molar-refractivity contribution < 1.29 is 9.11 Å². The van der Waals surface area contributed by atoms with E-state index in [4.69, 9.17) is 0 Å². The largest absolute Gasteiger partial charge is 0.311 e. The third kappa shape index (κ3) is 1.92. The first-order valence-electron chi connectivity index (χ1n) is 5.19. The van der Waals surface area contributed by atoms with Crippen molar-refractivity contribution in [3.63, 3.8) is 0 Å². The molecule has 0 aromatic rings. The van der Waals surface area contributed by atoms with Crippen LogP contribution in [0.15, 0.2) is 0 Å². The van der Waals surface area contributed by atoms with Gasteiger partial charge in [0.2, 0.25) is 0 Å². The average Bonchev–Trinajstić information content (AvgIpc) is 2.27. The normalized spacial score (nSPS) is 44.1. The molecule has 3 N–H and O–H groups in total. The van der Waals surface area contributed by atoms with E-state index in [0.29, 0.717) is 11.8 Å². The maximum atomic E-state index is 9.98. The molecule has 0 amide bonds. The third-order valence-electron chi connectivity index (χ3n) is 3.13. The molecule has 3 atom stereocenters. The highest BCUT2D eigenvalue weighted by Gasteiger charge is 2.37. The van der Waals surface area contributed by atoms with Crippen molar-refractivity contribution in [3.05, 3.63) is 6.92 Å². The van der Waals surface area contributed by atoms with E-state index in [1.165, 1.54) is 0 Å². The highest BCUT2D eigenvalue weighted by molar-refractivity contribution is 8.22. The highest BCUT2D eigenvalue weighted by atomic mass is 32.3. The van der Waals surface area contributed by atoms with E-state index in [-0.39, 0.29) is 6.04 Å². The Morgan fingerprint density at radius 2 is 2.29 bits per heavy atom. The van der Waals surface area contributed by atoms with Crippen molar-refractivity contribution in [2.45, 2.75) is 31.3 Å². The lowest BCUT2D eigenvalue weighted by molar-refractivity contribution is 0.208. The zero-order valence-electron chi connectivity index (χ0n) is 8.35. The van der Waals surface area contributed by atoms with E-state index in [9.17, 15) is 9.11 Å². The van der Waals surface area contributed by atoms with Gasteiger partial charge >= 0.3 is 0 Å². The van der Waals surface area contributed by atoms with Crippen molar-refractivity contribution in [2.24, 2.45) is 0 Å². The van der Waals surface area contributed by atoms with Crippen LogP contribution in [0.4, 0.5) is 0 Å². The Kier molecular flexibility index (Phi) is 3.04. The van der Waals surface area contributed by atoms with Gasteiger partial charge in [-0.1, -0.05) is 6.92 Å². The quantitative estimate of drug-likeness (QED) is 0.622. The maximum absolute atomic E-state index is 9.98. The molecule has 2 rings (SSSR count). The predicted molar refractivity (Wildman–Crippen MR) is 59.2 cm³/mol. The Bertz CT molecular complexity index is 213. The summed E-state index contributed by atoms with van der Waals surface area (Å²) in [4.78, 5) is 0. The molecule has 4 nitrogen and oxygen atoms in total. The number of hydrogen-bond acceptors (Lipinski definition) is 4. The lowest BCUT2D eigenvalue weighted by Gasteiger charge is -2.49. The smallest absolute Gasteiger partial charge is 0.0531 e. The molecule has 2 saturated heterocycles. The first-order valence-corrected chi connectivity index (χ1v) is 6.86. The fourth-order valence-electron chi connectivity index (χ4n) is 2.27. The van der Waals surface area contributed by atoms with Crippen LogP contribution in [0.1, 0.15) is 19.3 Å². The molecule has 0 aromatic carbocycles. The van der Waals surface area contributed by atoms with Crippen molar-refractivity contribution in [1.82, 2.24) is 9.62 Å². The molecule has 0 aromatic heterocycles. The summed E-state index contributed by atoms with van der Waals surface area (Å²) in [5.74, 6) is 0.529. The lowest BCUT2D eigenvalue weighted by Crippen LogP contribution is -2.55. The van der Waals surface area contributed by atoms with Gasteiger partial charge in [-0.3, -0.25) is 9.11 Å². The Balaban J connectivity index is 2.16. The summed E-state index contributed by atoms with van der Waals surface area (Å²) in [5, 5.41) is 3.44. The van der Waals surface area contributed by atoms with Crippen LogP contribution in [0.25, 0.3) is 0 Å². The summed E-state index contributed by atoms with van der Waals surface area (Å²) in [5.41, 5.74) is 0. The first-order chi connectivity index (χ1) is 6.63. The van der Waals surface area contributed by atoms with Gasteiger partial charge < -0.3 is 5.32 Å². The first kappa shape index (κ1) is 10.7. The summed E-state index contributed by atoms with van der Waals surface area (Å²) >= 11 is 0. The molecule has 14 heavy (non-hydrogen) atoms. The van der Waals surface area contributed by atoms with E-state index in [2.05, 4.69) is 12.2 Å². The number of nitrogens with one attached hydrogen (secondary N) is 1. The van der Waals surface area contributed by atoms with E-state index in [1.807, 2.05) is 4.31 Å². The van der Waals surface area contributed by atoms with Gasteiger partial charge in [-0.15, -0.1) is 10.8 Å². The van der Waals surface area contributed by atoms with Crippen molar-refractivity contribution in [1.29, 1.82) is 0 Å². The van der Waals surface area contributed by atoms with Gasteiger partial charge in [0, 0.05) is 25.2 Å². The molecular weight excluding hydrogens is 200 g/mol.